The molecule has 1 atom stereocenters. The molecule has 3 N–H and O–H groups in total. The Kier molecular flexibility index (Phi) is 4.12. The number of para-hydroxylation sites is 2. The van der Waals surface area contributed by atoms with Crippen LogP contribution in [0.25, 0.3) is 10.9 Å². The predicted octanol–water partition coefficient (Wildman–Crippen LogP) is 3.68. The van der Waals surface area contributed by atoms with Crippen molar-refractivity contribution in [3.05, 3.63) is 65.4 Å². The van der Waals surface area contributed by atoms with E-state index in [-0.39, 0.29) is 0 Å². The molecule has 1 aromatic heterocycles. The van der Waals surface area contributed by atoms with Gasteiger partial charge in [-0.2, -0.15) is 0 Å². The molecule has 0 saturated carbocycles. The number of thiocarbonyl (C=S) groups is 1. The van der Waals surface area contributed by atoms with Gasteiger partial charge in [-0.25, -0.2) is 4.79 Å². The normalized spacial score (nSPS) is 16.3. The highest BCUT2D eigenvalue weighted by atomic mass is 32.1. The molecule has 26 heavy (non-hydrogen) atoms. The van der Waals surface area contributed by atoms with E-state index >= 15 is 0 Å². The minimum Gasteiger partial charge on any atom is -0.480 e. The summed E-state index contributed by atoms with van der Waals surface area (Å²) >= 11 is 5.56. The van der Waals surface area contributed by atoms with Gasteiger partial charge in [-0.15, -0.1) is 0 Å². The zero-order valence-electron chi connectivity index (χ0n) is 14.3. The van der Waals surface area contributed by atoms with Gasteiger partial charge in [0.05, 0.1) is 6.54 Å². The summed E-state index contributed by atoms with van der Waals surface area (Å²) in [6, 6.07) is 15.1. The topological polar surface area (TPSA) is 68.4 Å². The smallest absolute Gasteiger partial charge is 0.326 e. The van der Waals surface area contributed by atoms with E-state index < -0.39 is 12.0 Å². The number of carbonyl (C=O) groups is 1. The molecule has 4 rings (SSSR count). The van der Waals surface area contributed by atoms with Crippen LogP contribution in [0.15, 0.2) is 48.5 Å². The number of nitrogens with one attached hydrogen (secondary N) is 2. The molecule has 0 spiro atoms. The van der Waals surface area contributed by atoms with Gasteiger partial charge in [0.15, 0.2) is 5.11 Å². The van der Waals surface area contributed by atoms with Gasteiger partial charge in [0, 0.05) is 28.7 Å². The number of carboxylic acids is 1. The van der Waals surface area contributed by atoms with Gasteiger partial charge in [-0.1, -0.05) is 36.4 Å². The van der Waals surface area contributed by atoms with Gasteiger partial charge in [0.25, 0.3) is 0 Å². The Morgan fingerprint density at radius 2 is 1.96 bits per heavy atom. The van der Waals surface area contributed by atoms with Crippen LogP contribution in [0.4, 0.5) is 5.69 Å². The lowest BCUT2D eigenvalue weighted by Crippen LogP contribution is -2.50. The average Bonchev–Trinajstić information content (AvgIpc) is 3.00. The lowest BCUT2D eigenvalue weighted by molar-refractivity contribution is -0.142. The van der Waals surface area contributed by atoms with Crippen LogP contribution >= 0.6 is 12.2 Å². The van der Waals surface area contributed by atoms with Crippen molar-refractivity contribution in [2.75, 3.05) is 5.32 Å². The standard InChI is InChI=1S/C20H19N3O2S/c1-12-6-2-4-8-15(12)22-20(26)23-11-17-14(10-18(23)19(24)25)13-7-3-5-9-16(13)21-17/h2-9,18,21H,10-11H2,1H3,(H,22,26)(H,24,25). The maximum atomic E-state index is 11.9. The molecule has 5 nitrogen and oxygen atoms in total. The van der Waals surface area contributed by atoms with E-state index in [9.17, 15) is 9.90 Å². The van der Waals surface area contributed by atoms with Crippen LogP contribution < -0.4 is 5.32 Å². The second-order valence-corrected chi connectivity index (χ2v) is 6.95. The van der Waals surface area contributed by atoms with Gasteiger partial charge in [0.1, 0.15) is 6.04 Å². The Labute approximate surface area is 156 Å². The number of aromatic amines is 1. The zero-order valence-corrected chi connectivity index (χ0v) is 15.1. The van der Waals surface area contributed by atoms with E-state index in [2.05, 4.69) is 10.3 Å². The number of carboxylic acid groups (broad SMARTS) is 1. The van der Waals surface area contributed by atoms with Crippen molar-refractivity contribution in [1.82, 2.24) is 9.88 Å². The lowest BCUT2D eigenvalue weighted by Gasteiger charge is -2.35. The molecule has 0 radical (unpaired) electrons. The van der Waals surface area contributed by atoms with Crippen LogP contribution in [-0.2, 0) is 17.8 Å². The molecule has 0 saturated heterocycles. The Bertz CT molecular complexity index is 1010. The molecule has 0 aliphatic carbocycles. The molecular weight excluding hydrogens is 346 g/mol. The van der Waals surface area contributed by atoms with Crippen molar-refractivity contribution in [2.24, 2.45) is 0 Å². The quantitative estimate of drug-likeness (QED) is 0.605. The summed E-state index contributed by atoms with van der Waals surface area (Å²) in [4.78, 5) is 17.1. The fourth-order valence-electron chi connectivity index (χ4n) is 3.54. The first-order valence-electron chi connectivity index (χ1n) is 8.49. The largest absolute Gasteiger partial charge is 0.480 e. The second-order valence-electron chi connectivity index (χ2n) is 6.56. The van der Waals surface area contributed by atoms with Gasteiger partial charge >= 0.3 is 5.97 Å². The third-order valence-electron chi connectivity index (χ3n) is 4.94. The minimum absolute atomic E-state index is 0.421. The Morgan fingerprint density at radius 1 is 1.23 bits per heavy atom. The van der Waals surface area contributed by atoms with Crippen molar-refractivity contribution in [2.45, 2.75) is 25.9 Å². The highest BCUT2D eigenvalue weighted by Crippen LogP contribution is 2.31. The number of rotatable bonds is 2. The SMILES string of the molecule is Cc1ccccc1NC(=S)N1Cc2[nH]c3ccccc3c2CC1C(=O)O. The summed E-state index contributed by atoms with van der Waals surface area (Å²) in [6.45, 7) is 2.43. The highest BCUT2D eigenvalue weighted by molar-refractivity contribution is 7.80. The first-order valence-corrected chi connectivity index (χ1v) is 8.90. The number of aliphatic carboxylic acids is 1. The molecule has 0 amide bonds. The van der Waals surface area contributed by atoms with Crippen LogP contribution in [0, 0.1) is 6.92 Å². The third kappa shape index (κ3) is 2.82. The number of H-pyrrole nitrogens is 1. The van der Waals surface area contributed by atoms with Crippen LogP contribution in [0.5, 0.6) is 0 Å². The van der Waals surface area contributed by atoms with Crippen molar-refractivity contribution in [3.8, 4) is 0 Å². The molecule has 132 valence electrons. The molecule has 6 heteroatoms. The first-order chi connectivity index (χ1) is 12.5. The molecular formula is C20H19N3O2S. The number of benzene rings is 2. The van der Waals surface area contributed by atoms with Crippen LogP contribution in [0.3, 0.4) is 0 Å². The maximum Gasteiger partial charge on any atom is 0.326 e. The number of hydrogen-bond acceptors (Lipinski definition) is 2. The number of fused-ring (bicyclic) bond motifs is 3. The van der Waals surface area contributed by atoms with E-state index in [4.69, 9.17) is 12.2 Å². The first kappa shape index (κ1) is 16.6. The van der Waals surface area contributed by atoms with Crippen LogP contribution in [-0.4, -0.2) is 32.1 Å². The molecule has 1 unspecified atom stereocenters. The Hall–Kier alpha value is -2.86. The van der Waals surface area contributed by atoms with Gasteiger partial charge in [-0.05, 0) is 42.4 Å². The molecule has 1 aliphatic heterocycles. The second kappa shape index (κ2) is 6.46. The summed E-state index contributed by atoms with van der Waals surface area (Å²) in [7, 11) is 0. The Morgan fingerprint density at radius 3 is 2.73 bits per heavy atom. The average molecular weight is 365 g/mol. The maximum absolute atomic E-state index is 11.9. The van der Waals surface area contributed by atoms with Gasteiger partial charge < -0.3 is 20.3 Å². The van der Waals surface area contributed by atoms with Gasteiger partial charge in [0.2, 0.25) is 0 Å². The van der Waals surface area contributed by atoms with E-state index in [0.717, 1.165) is 33.4 Å². The van der Waals surface area contributed by atoms with Crippen molar-refractivity contribution in [1.29, 1.82) is 0 Å². The van der Waals surface area contributed by atoms with Crippen LogP contribution in [0.2, 0.25) is 0 Å². The van der Waals surface area contributed by atoms with Crippen molar-refractivity contribution < 1.29 is 9.90 Å². The molecule has 2 heterocycles. The highest BCUT2D eigenvalue weighted by Gasteiger charge is 2.35. The molecule has 0 bridgehead atoms. The lowest BCUT2D eigenvalue weighted by atomic mass is 9.97. The van der Waals surface area contributed by atoms with Crippen LogP contribution in [0.1, 0.15) is 16.8 Å². The monoisotopic (exact) mass is 365 g/mol. The summed E-state index contributed by atoms with van der Waals surface area (Å²) in [5.41, 5.74) is 5.08. The minimum atomic E-state index is -0.866. The molecule has 2 aromatic carbocycles. The number of aryl methyl sites for hydroxylation is 1. The molecule has 3 aromatic rings. The Balaban J connectivity index is 1.67. The van der Waals surface area contributed by atoms with Gasteiger partial charge in [-0.3, -0.25) is 0 Å². The van der Waals surface area contributed by atoms with E-state index in [1.807, 2.05) is 55.5 Å². The van der Waals surface area contributed by atoms with Crippen molar-refractivity contribution >= 4 is 39.9 Å². The van der Waals surface area contributed by atoms with E-state index in [0.29, 0.717) is 18.1 Å². The zero-order chi connectivity index (χ0) is 18.3. The molecule has 1 aliphatic rings. The number of aromatic nitrogens is 1. The summed E-state index contributed by atoms with van der Waals surface area (Å²) in [5.74, 6) is -0.866. The predicted molar refractivity (Wildman–Crippen MR) is 106 cm³/mol. The fourth-order valence-corrected chi connectivity index (χ4v) is 3.84. The third-order valence-corrected chi connectivity index (χ3v) is 5.27. The summed E-state index contributed by atoms with van der Waals surface area (Å²) in [6.07, 6.45) is 0.421. The number of nitrogens with zero attached hydrogens (tertiary/aromatic N) is 1. The fraction of sp³-hybridized carbons (Fsp3) is 0.200. The number of hydrogen-bond donors (Lipinski definition) is 3. The summed E-state index contributed by atoms with van der Waals surface area (Å²) < 4.78 is 0. The van der Waals surface area contributed by atoms with E-state index in [1.165, 1.54) is 0 Å². The number of anilines is 1. The summed E-state index contributed by atoms with van der Waals surface area (Å²) in [5, 5.41) is 14.5. The van der Waals surface area contributed by atoms with Crippen molar-refractivity contribution in [3.63, 3.8) is 0 Å². The van der Waals surface area contributed by atoms with E-state index in [1.54, 1.807) is 4.90 Å². The molecule has 0 fully saturated rings.